The van der Waals surface area contributed by atoms with E-state index in [2.05, 4.69) is 19.2 Å². The average molecular weight is 250 g/mol. The van der Waals surface area contributed by atoms with Crippen molar-refractivity contribution in [1.29, 1.82) is 0 Å². The topological polar surface area (TPSA) is 24.9 Å². The van der Waals surface area contributed by atoms with Gasteiger partial charge in [0.25, 0.3) is 0 Å². The summed E-state index contributed by atoms with van der Waals surface area (Å²) in [5.74, 6) is 0.952. The Bertz CT molecular complexity index is 381. The van der Waals surface area contributed by atoms with Gasteiger partial charge in [0, 0.05) is 29.8 Å². The first kappa shape index (κ1) is 11.7. The summed E-state index contributed by atoms with van der Waals surface area (Å²) in [7, 11) is 0. The fourth-order valence-corrected chi connectivity index (χ4v) is 4.55. The van der Waals surface area contributed by atoms with Crippen LogP contribution in [0.2, 0.25) is 0 Å². The van der Waals surface area contributed by atoms with Crippen molar-refractivity contribution in [3.63, 3.8) is 0 Å². The predicted octanol–water partition coefficient (Wildman–Crippen LogP) is 3.08. The lowest BCUT2D eigenvalue weighted by Gasteiger charge is -2.47. The lowest BCUT2D eigenvalue weighted by atomic mass is 9.67. The SMILES string of the molecule is Cc1nc(CC2(C3CCCC3)CNC2)sc1C. The van der Waals surface area contributed by atoms with Crippen LogP contribution < -0.4 is 5.32 Å². The van der Waals surface area contributed by atoms with E-state index in [1.165, 1.54) is 60.8 Å². The summed E-state index contributed by atoms with van der Waals surface area (Å²) in [5, 5.41) is 4.87. The maximum absolute atomic E-state index is 4.74. The summed E-state index contributed by atoms with van der Waals surface area (Å²) < 4.78 is 0. The minimum absolute atomic E-state index is 0.549. The molecule has 17 heavy (non-hydrogen) atoms. The first-order valence-corrected chi connectivity index (χ1v) is 7.65. The largest absolute Gasteiger partial charge is 0.315 e. The Balaban J connectivity index is 1.77. The van der Waals surface area contributed by atoms with E-state index in [-0.39, 0.29) is 0 Å². The first-order valence-electron chi connectivity index (χ1n) is 6.83. The molecule has 1 aliphatic carbocycles. The van der Waals surface area contributed by atoms with Gasteiger partial charge in [-0.25, -0.2) is 4.98 Å². The van der Waals surface area contributed by atoms with Gasteiger partial charge in [0.15, 0.2) is 0 Å². The maximum Gasteiger partial charge on any atom is 0.0937 e. The van der Waals surface area contributed by atoms with E-state index < -0.39 is 0 Å². The molecular weight excluding hydrogens is 228 g/mol. The fraction of sp³-hybridized carbons (Fsp3) is 0.786. The molecule has 0 spiro atoms. The van der Waals surface area contributed by atoms with Crippen molar-refractivity contribution in [2.75, 3.05) is 13.1 Å². The second-order valence-electron chi connectivity index (χ2n) is 5.87. The van der Waals surface area contributed by atoms with Crippen LogP contribution in [-0.2, 0) is 6.42 Å². The molecule has 1 N–H and O–H groups in total. The lowest BCUT2D eigenvalue weighted by Crippen LogP contribution is -2.58. The second-order valence-corrected chi connectivity index (χ2v) is 7.16. The molecule has 3 heteroatoms. The van der Waals surface area contributed by atoms with Gasteiger partial charge in [-0.2, -0.15) is 0 Å². The van der Waals surface area contributed by atoms with Gasteiger partial charge in [-0.3, -0.25) is 0 Å². The molecule has 0 unspecified atom stereocenters. The highest BCUT2D eigenvalue weighted by Crippen LogP contribution is 2.45. The predicted molar refractivity (Wildman–Crippen MR) is 72.6 cm³/mol. The number of thiazole rings is 1. The van der Waals surface area contributed by atoms with Crippen molar-refractivity contribution in [1.82, 2.24) is 10.3 Å². The summed E-state index contributed by atoms with van der Waals surface area (Å²) in [4.78, 5) is 6.14. The van der Waals surface area contributed by atoms with Crippen LogP contribution in [0, 0.1) is 25.2 Å². The Labute approximate surface area is 108 Å². The molecule has 94 valence electrons. The molecule has 0 aromatic carbocycles. The van der Waals surface area contributed by atoms with Gasteiger partial charge in [0.05, 0.1) is 10.7 Å². The maximum atomic E-state index is 4.74. The molecule has 2 aliphatic rings. The van der Waals surface area contributed by atoms with Crippen molar-refractivity contribution in [3.05, 3.63) is 15.6 Å². The van der Waals surface area contributed by atoms with Gasteiger partial charge < -0.3 is 5.32 Å². The molecule has 0 bridgehead atoms. The number of nitrogens with zero attached hydrogens (tertiary/aromatic N) is 1. The van der Waals surface area contributed by atoms with E-state index in [1.54, 1.807) is 0 Å². The van der Waals surface area contributed by atoms with E-state index >= 15 is 0 Å². The number of hydrogen-bond donors (Lipinski definition) is 1. The third-order valence-electron chi connectivity index (χ3n) is 4.75. The van der Waals surface area contributed by atoms with Crippen molar-refractivity contribution in [2.24, 2.45) is 11.3 Å². The summed E-state index contributed by atoms with van der Waals surface area (Å²) >= 11 is 1.91. The Morgan fingerprint density at radius 3 is 2.47 bits per heavy atom. The van der Waals surface area contributed by atoms with Crippen LogP contribution in [0.25, 0.3) is 0 Å². The molecular formula is C14H22N2S. The molecule has 0 atom stereocenters. The quantitative estimate of drug-likeness (QED) is 0.891. The van der Waals surface area contributed by atoms with Crippen LogP contribution in [0.5, 0.6) is 0 Å². The van der Waals surface area contributed by atoms with Gasteiger partial charge in [-0.15, -0.1) is 11.3 Å². The minimum Gasteiger partial charge on any atom is -0.315 e. The van der Waals surface area contributed by atoms with Crippen LogP contribution in [0.4, 0.5) is 0 Å². The van der Waals surface area contributed by atoms with E-state index in [1.807, 2.05) is 11.3 Å². The Morgan fingerprint density at radius 2 is 2.00 bits per heavy atom. The summed E-state index contributed by atoms with van der Waals surface area (Å²) in [5.41, 5.74) is 1.78. The average Bonchev–Trinajstić information content (AvgIpc) is 2.84. The molecule has 1 aromatic heterocycles. The van der Waals surface area contributed by atoms with Crippen LogP contribution in [0.15, 0.2) is 0 Å². The molecule has 1 aliphatic heterocycles. The molecule has 2 fully saturated rings. The molecule has 2 nitrogen and oxygen atoms in total. The first-order chi connectivity index (χ1) is 8.20. The Kier molecular flexibility index (Phi) is 2.99. The van der Waals surface area contributed by atoms with Crippen LogP contribution in [0.3, 0.4) is 0 Å². The fourth-order valence-electron chi connectivity index (χ4n) is 3.46. The molecule has 0 radical (unpaired) electrons. The third kappa shape index (κ3) is 2.04. The number of hydrogen-bond acceptors (Lipinski definition) is 3. The van der Waals surface area contributed by atoms with Gasteiger partial charge >= 0.3 is 0 Å². The van der Waals surface area contributed by atoms with Crippen molar-refractivity contribution < 1.29 is 0 Å². The van der Waals surface area contributed by atoms with Gasteiger partial charge in [0.2, 0.25) is 0 Å². The Hall–Kier alpha value is -0.410. The van der Waals surface area contributed by atoms with E-state index in [4.69, 9.17) is 4.98 Å². The normalized spacial score (nSPS) is 23.9. The van der Waals surface area contributed by atoms with Crippen LogP contribution >= 0.6 is 11.3 Å². The molecule has 1 aromatic rings. The summed E-state index contributed by atoms with van der Waals surface area (Å²) in [6.07, 6.45) is 7.00. The number of aryl methyl sites for hydroxylation is 2. The highest BCUT2D eigenvalue weighted by Gasteiger charge is 2.45. The monoisotopic (exact) mass is 250 g/mol. The number of nitrogens with one attached hydrogen (secondary N) is 1. The van der Waals surface area contributed by atoms with Crippen molar-refractivity contribution >= 4 is 11.3 Å². The minimum atomic E-state index is 0.549. The summed E-state index contributed by atoms with van der Waals surface area (Å²) in [6.45, 7) is 6.76. The van der Waals surface area contributed by atoms with Crippen molar-refractivity contribution in [3.8, 4) is 0 Å². The highest BCUT2D eigenvalue weighted by molar-refractivity contribution is 7.11. The van der Waals surface area contributed by atoms with Crippen LogP contribution in [-0.4, -0.2) is 18.1 Å². The standard InChI is InChI=1S/C14H22N2S/c1-10-11(2)17-13(16-10)7-14(8-15-9-14)12-5-3-4-6-12/h12,15H,3-9H2,1-2H3. The van der Waals surface area contributed by atoms with E-state index in [0.717, 1.165) is 5.92 Å². The summed E-state index contributed by atoms with van der Waals surface area (Å²) in [6, 6.07) is 0. The molecule has 1 saturated heterocycles. The smallest absolute Gasteiger partial charge is 0.0937 e. The second kappa shape index (κ2) is 4.36. The number of rotatable bonds is 3. The van der Waals surface area contributed by atoms with Gasteiger partial charge in [-0.1, -0.05) is 12.8 Å². The van der Waals surface area contributed by atoms with E-state index in [0.29, 0.717) is 5.41 Å². The molecule has 0 amide bonds. The zero-order chi connectivity index (χ0) is 11.9. The van der Waals surface area contributed by atoms with E-state index in [9.17, 15) is 0 Å². The van der Waals surface area contributed by atoms with Gasteiger partial charge in [0.1, 0.15) is 0 Å². The highest BCUT2D eigenvalue weighted by atomic mass is 32.1. The molecule has 2 heterocycles. The zero-order valence-corrected chi connectivity index (χ0v) is 11.7. The van der Waals surface area contributed by atoms with Crippen LogP contribution in [0.1, 0.15) is 41.3 Å². The number of aromatic nitrogens is 1. The zero-order valence-electron chi connectivity index (χ0n) is 10.9. The van der Waals surface area contributed by atoms with Gasteiger partial charge in [-0.05, 0) is 32.6 Å². The lowest BCUT2D eigenvalue weighted by molar-refractivity contribution is 0.0811. The molecule has 1 saturated carbocycles. The third-order valence-corrected chi connectivity index (χ3v) is 5.82. The van der Waals surface area contributed by atoms with Crippen molar-refractivity contribution in [2.45, 2.75) is 46.0 Å². The Morgan fingerprint density at radius 1 is 1.29 bits per heavy atom. The molecule has 3 rings (SSSR count).